The van der Waals surface area contributed by atoms with Crippen molar-refractivity contribution in [1.29, 1.82) is 0 Å². The van der Waals surface area contributed by atoms with Gasteiger partial charge in [-0.2, -0.15) is 4.89 Å². The summed E-state index contributed by atoms with van der Waals surface area (Å²) in [6.07, 6.45) is 0. The summed E-state index contributed by atoms with van der Waals surface area (Å²) in [6, 6.07) is 0. The molecular formula is H4CuO2P+. The van der Waals surface area contributed by atoms with Gasteiger partial charge >= 0.3 is 25.8 Å². The molecule has 0 saturated carbocycles. The van der Waals surface area contributed by atoms with E-state index in [1.165, 1.54) is 0 Å². The number of rotatable bonds is 0. The summed E-state index contributed by atoms with van der Waals surface area (Å²) in [4.78, 5) is 7.04. The molecule has 1 radical (unpaired) electrons. The molecule has 2 nitrogen and oxygen atoms in total. The second-order valence-electron chi connectivity index (χ2n) is 0.0913. The average molecular weight is 131 g/mol. The summed E-state index contributed by atoms with van der Waals surface area (Å²) in [5, 5.41) is 0. The van der Waals surface area contributed by atoms with Crippen LogP contribution >= 0.6 is 8.69 Å². The Morgan fingerprint density at radius 1 is 1.75 bits per heavy atom. The molecule has 31 valence electrons. The van der Waals surface area contributed by atoms with Crippen molar-refractivity contribution in [2.24, 2.45) is 0 Å². The Morgan fingerprint density at radius 3 is 1.75 bits per heavy atom. The molecule has 0 rings (SSSR count). The van der Waals surface area contributed by atoms with Crippen molar-refractivity contribution in [3.05, 3.63) is 0 Å². The topological polar surface area (TPSA) is 37.3 Å². The third-order valence-corrected chi connectivity index (χ3v) is 0. The molecule has 0 fully saturated rings. The zero-order chi connectivity index (χ0) is 2.71. The van der Waals surface area contributed by atoms with Crippen molar-refractivity contribution in [3.8, 4) is 0 Å². The van der Waals surface area contributed by atoms with Crippen LogP contribution in [0.15, 0.2) is 0 Å². The molecule has 0 aromatic carbocycles. The van der Waals surface area contributed by atoms with Crippen molar-refractivity contribution in [2.45, 2.75) is 0 Å². The Bertz CT molecular complexity index is 13.5. The molecule has 1 unspecified atom stereocenters. The summed E-state index contributed by atoms with van der Waals surface area (Å²) < 4.78 is 8.51. The maximum atomic E-state index is 8.51. The van der Waals surface area contributed by atoms with E-state index < -0.39 is 8.69 Å². The molecule has 0 aliphatic carbocycles. The van der Waals surface area contributed by atoms with Gasteiger partial charge in [0.2, 0.25) is 0 Å². The summed E-state index contributed by atoms with van der Waals surface area (Å²) >= 11 is 0. The van der Waals surface area contributed by atoms with Crippen LogP contribution in [0, 0.1) is 0 Å². The summed E-state index contributed by atoms with van der Waals surface area (Å²) in [5.74, 6) is 0. The first-order chi connectivity index (χ1) is 1.41. The molecule has 0 aliphatic heterocycles. The molecule has 4 heavy (non-hydrogen) atoms. The zero-order valence-electron chi connectivity index (χ0n) is 1.69. The fraction of sp³-hybridized carbons (Fsp3) is 0. The van der Waals surface area contributed by atoms with Gasteiger partial charge in [0, 0.05) is 0 Å². The van der Waals surface area contributed by atoms with Crippen molar-refractivity contribution in [2.75, 3.05) is 0 Å². The molecule has 0 spiro atoms. The van der Waals surface area contributed by atoms with Gasteiger partial charge in [0.1, 0.15) is 0 Å². The molecule has 0 saturated heterocycles. The Labute approximate surface area is 36.0 Å². The van der Waals surface area contributed by atoms with E-state index in [9.17, 15) is 0 Å². The molecule has 0 amide bonds. The Kier molecular flexibility index (Phi) is 21.0. The molecule has 0 heterocycles. The average Bonchev–Trinajstić information content (AvgIpc) is 0.918. The summed E-state index contributed by atoms with van der Waals surface area (Å²) in [7, 11) is -1.17. The Hall–Kier alpha value is 0.579. The molecule has 1 N–H and O–H groups in total. The first-order valence-corrected chi connectivity index (χ1v) is 1.28. The van der Waals surface area contributed by atoms with Gasteiger partial charge < -0.3 is 0 Å². The molecule has 0 aromatic heterocycles. The predicted molar refractivity (Wildman–Crippen MR) is 14.0 cm³/mol. The van der Waals surface area contributed by atoms with Gasteiger partial charge in [-0.1, -0.05) is 0 Å². The van der Waals surface area contributed by atoms with Crippen molar-refractivity contribution < 1.29 is 26.5 Å². The van der Waals surface area contributed by atoms with Crippen LogP contribution < -0.4 is 0 Å². The van der Waals surface area contributed by atoms with Gasteiger partial charge in [0.05, 0.1) is 0 Å². The first-order valence-electron chi connectivity index (χ1n) is 0.428. The quantitative estimate of drug-likeness (QED) is 0.351. The van der Waals surface area contributed by atoms with E-state index in [1.807, 2.05) is 0 Å². The van der Waals surface area contributed by atoms with Crippen LogP contribution in [0.2, 0.25) is 0 Å². The van der Waals surface area contributed by atoms with Crippen molar-refractivity contribution >= 4 is 8.69 Å². The predicted octanol–water partition coefficient (Wildman–Crippen LogP) is -0.620. The van der Waals surface area contributed by atoms with Gasteiger partial charge in [-0.05, 0) is 4.57 Å². The van der Waals surface area contributed by atoms with E-state index in [4.69, 9.17) is 9.46 Å². The molecule has 4 heteroatoms. The van der Waals surface area contributed by atoms with Crippen LogP contribution in [0.3, 0.4) is 0 Å². The Balaban J connectivity index is 0. The standard InChI is InChI=1S/Cu.HO2P.2H/c;1-3-2;;/h;3H;;/p+1. The Morgan fingerprint density at radius 2 is 1.75 bits per heavy atom. The van der Waals surface area contributed by atoms with Crippen LogP contribution in [0.1, 0.15) is 0 Å². The maximum absolute atomic E-state index is 8.51. The van der Waals surface area contributed by atoms with Gasteiger partial charge in [-0.25, -0.2) is 0 Å². The van der Waals surface area contributed by atoms with E-state index >= 15 is 0 Å². The molecule has 0 bridgehead atoms. The molecule has 1 atom stereocenters. The summed E-state index contributed by atoms with van der Waals surface area (Å²) in [5.41, 5.74) is 0. The van der Waals surface area contributed by atoms with Gasteiger partial charge in [-0.3, -0.25) is 0 Å². The van der Waals surface area contributed by atoms with Crippen molar-refractivity contribution in [1.82, 2.24) is 0 Å². The molecule has 0 aliphatic rings. The van der Waals surface area contributed by atoms with Crippen molar-refractivity contribution in [3.63, 3.8) is 0 Å². The van der Waals surface area contributed by atoms with E-state index in [0.29, 0.717) is 0 Å². The SMILES string of the molecule is O=[PH+]O.[CuH2]. The zero-order valence-corrected chi connectivity index (χ0v) is 3.73. The van der Waals surface area contributed by atoms with Crippen LogP contribution in [-0.4, -0.2) is 4.89 Å². The normalized spacial score (nSPS) is 5.25. The second kappa shape index (κ2) is 9.55. The van der Waals surface area contributed by atoms with E-state index in [0.717, 1.165) is 0 Å². The van der Waals surface area contributed by atoms with Crippen LogP contribution in [0.5, 0.6) is 0 Å². The molecular weight excluding hydrogens is 127 g/mol. The number of hydrogen-bond donors (Lipinski definition) is 1. The van der Waals surface area contributed by atoms with Gasteiger partial charge in [-0.15, -0.1) is 0 Å². The minimum absolute atomic E-state index is 0. The van der Waals surface area contributed by atoms with Crippen LogP contribution in [0.4, 0.5) is 0 Å². The van der Waals surface area contributed by atoms with Crippen LogP contribution in [-0.2, 0) is 21.6 Å². The minimum atomic E-state index is -1.17. The van der Waals surface area contributed by atoms with Crippen LogP contribution in [0.25, 0.3) is 0 Å². The summed E-state index contributed by atoms with van der Waals surface area (Å²) in [6.45, 7) is 0. The van der Waals surface area contributed by atoms with E-state index in [2.05, 4.69) is 0 Å². The third-order valence-electron chi connectivity index (χ3n) is 0. The second-order valence-corrected chi connectivity index (χ2v) is 0.274. The number of hydrogen-bond acceptors (Lipinski definition) is 1. The fourth-order valence-electron chi connectivity index (χ4n) is 0. The fourth-order valence-corrected chi connectivity index (χ4v) is 0. The first kappa shape index (κ1) is 8.82. The monoisotopic (exact) mass is 130 g/mol. The third kappa shape index (κ3) is 19.2. The van der Waals surface area contributed by atoms with Gasteiger partial charge in [0.25, 0.3) is 0 Å². The van der Waals surface area contributed by atoms with Gasteiger partial charge in [0.15, 0.2) is 0 Å². The van der Waals surface area contributed by atoms with E-state index in [-0.39, 0.29) is 17.1 Å². The molecule has 0 aromatic rings. The van der Waals surface area contributed by atoms with E-state index in [1.54, 1.807) is 0 Å².